The Labute approximate surface area is 134 Å². The summed E-state index contributed by atoms with van der Waals surface area (Å²) in [6.07, 6.45) is 0.249. The Kier molecular flexibility index (Phi) is 5.03. The molecule has 1 atom stereocenters. The third-order valence-electron chi connectivity index (χ3n) is 3.97. The first-order valence-corrected chi connectivity index (χ1v) is 8.24. The van der Waals surface area contributed by atoms with Crippen LogP contribution in [0.15, 0.2) is 21.9 Å². The Morgan fingerprint density at radius 2 is 2.23 bits per heavy atom. The number of hydrogen-bond acceptors (Lipinski definition) is 5. The Balaban J connectivity index is 2.02. The number of rotatable bonds is 6. The maximum Gasteiger partial charge on any atom is 0.226 e. The summed E-state index contributed by atoms with van der Waals surface area (Å²) in [6, 6.07) is 3.79. The molecule has 1 unspecified atom stereocenters. The largest absolute Gasteiger partial charge is 0.459 e. The molecule has 0 fully saturated rings. The fraction of sp³-hybridized carbons (Fsp3) is 0.500. The van der Waals surface area contributed by atoms with Crippen LogP contribution in [0.5, 0.6) is 0 Å². The molecule has 0 radical (unpaired) electrons. The number of hydrogen-bond donors (Lipinski definition) is 2. The van der Waals surface area contributed by atoms with Crippen LogP contribution >= 0.6 is 11.3 Å². The predicted octanol–water partition coefficient (Wildman–Crippen LogP) is 2.74. The van der Waals surface area contributed by atoms with Crippen molar-refractivity contribution in [3.05, 3.63) is 29.0 Å². The van der Waals surface area contributed by atoms with Gasteiger partial charge in [0.15, 0.2) is 10.8 Å². The van der Waals surface area contributed by atoms with Crippen LogP contribution in [0.25, 0.3) is 10.8 Å². The highest BCUT2D eigenvalue weighted by molar-refractivity contribution is 7.13. The number of furan rings is 1. The van der Waals surface area contributed by atoms with Gasteiger partial charge in [-0.3, -0.25) is 4.79 Å². The van der Waals surface area contributed by atoms with Gasteiger partial charge in [-0.25, -0.2) is 4.98 Å². The minimum atomic E-state index is -0.395. The summed E-state index contributed by atoms with van der Waals surface area (Å²) in [6.45, 7) is 8.36. The van der Waals surface area contributed by atoms with E-state index in [1.807, 2.05) is 45.2 Å². The predicted molar refractivity (Wildman–Crippen MR) is 88.7 cm³/mol. The van der Waals surface area contributed by atoms with Gasteiger partial charge in [0.25, 0.3) is 0 Å². The van der Waals surface area contributed by atoms with Gasteiger partial charge in [0.2, 0.25) is 5.91 Å². The molecule has 0 saturated heterocycles. The number of amides is 1. The minimum absolute atomic E-state index is 0.0610. The maximum atomic E-state index is 12.2. The van der Waals surface area contributed by atoms with Crippen molar-refractivity contribution in [3.63, 3.8) is 0 Å². The molecule has 0 aliphatic carbocycles. The lowest BCUT2D eigenvalue weighted by Gasteiger charge is -2.33. The van der Waals surface area contributed by atoms with E-state index < -0.39 is 5.54 Å². The number of aryl methyl sites for hydroxylation is 1. The van der Waals surface area contributed by atoms with E-state index in [9.17, 15) is 4.79 Å². The van der Waals surface area contributed by atoms with Crippen molar-refractivity contribution >= 4 is 17.2 Å². The molecule has 22 heavy (non-hydrogen) atoms. The van der Waals surface area contributed by atoms with Gasteiger partial charge in [-0.15, -0.1) is 11.3 Å². The molecule has 0 aliphatic heterocycles. The van der Waals surface area contributed by atoms with Gasteiger partial charge in [0.1, 0.15) is 5.76 Å². The molecular formula is C16H23N3O2S. The molecule has 0 aromatic carbocycles. The molecule has 3 N–H and O–H groups in total. The Bertz CT molecular complexity index is 647. The highest BCUT2D eigenvalue weighted by atomic mass is 32.1. The summed E-state index contributed by atoms with van der Waals surface area (Å²) in [5.74, 6) is 1.79. The molecule has 2 aromatic rings. The molecule has 0 aliphatic rings. The van der Waals surface area contributed by atoms with Crippen LogP contribution < -0.4 is 11.1 Å². The molecular weight excluding hydrogens is 298 g/mol. The van der Waals surface area contributed by atoms with Crippen LogP contribution in [0, 0.1) is 12.8 Å². The highest BCUT2D eigenvalue weighted by Gasteiger charge is 2.28. The van der Waals surface area contributed by atoms with Crippen molar-refractivity contribution in [2.45, 2.75) is 39.7 Å². The van der Waals surface area contributed by atoms with Crippen LogP contribution in [-0.4, -0.2) is 23.0 Å². The van der Waals surface area contributed by atoms with E-state index in [1.165, 1.54) is 11.3 Å². The zero-order chi connectivity index (χ0) is 16.3. The number of nitrogens with two attached hydrogens (primary N) is 1. The van der Waals surface area contributed by atoms with Crippen molar-refractivity contribution < 1.29 is 9.21 Å². The van der Waals surface area contributed by atoms with E-state index >= 15 is 0 Å². The van der Waals surface area contributed by atoms with E-state index in [1.54, 1.807) is 0 Å². The van der Waals surface area contributed by atoms with Crippen LogP contribution in [0.2, 0.25) is 0 Å². The first kappa shape index (κ1) is 16.7. The van der Waals surface area contributed by atoms with Gasteiger partial charge < -0.3 is 15.5 Å². The Hall–Kier alpha value is -1.66. The number of thiazole rings is 1. The standard InChI is InChI=1S/C16H23N3O2S/c1-10(2)16(4,9-17)19-14(20)7-12-8-22-15(18-12)13-6-5-11(3)21-13/h5-6,8,10H,7,9,17H2,1-4H3,(H,19,20). The number of carbonyl (C=O) groups excluding carboxylic acids is 1. The van der Waals surface area contributed by atoms with Crippen LogP contribution in [0.4, 0.5) is 0 Å². The van der Waals surface area contributed by atoms with Crippen molar-refractivity contribution in [2.75, 3.05) is 6.54 Å². The molecule has 120 valence electrons. The molecule has 0 bridgehead atoms. The van der Waals surface area contributed by atoms with Gasteiger partial charge in [0, 0.05) is 11.9 Å². The average molecular weight is 321 g/mol. The lowest BCUT2D eigenvalue weighted by molar-refractivity contribution is -0.122. The SMILES string of the molecule is Cc1ccc(-c2nc(CC(=O)NC(C)(CN)C(C)C)cs2)o1. The maximum absolute atomic E-state index is 12.2. The van der Waals surface area contributed by atoms with Gasteiger partial charge in [-0.1, -0.05) is 13.8 Å². The quantitative estimate of drug-likeness (QED) is 0.857. The fourth-order valence-corrected chi connectivity index (χ4v) is 2.79. The Morgan fingerprint density at radius 3 is 2.77 bits per heavy atom. The summed E-state index contributed by atoms with van der Waals surface area (Å²) in [5.41, 5.74) is 6.14. The summed E-state index contributed by atoms with van der Waals surface area (Å²) in [7, 11) is 0. The lowest BCUT2D eigenvalue weighted by atomic mass is 9.88. The first-order chi connectivity index (χ1) is 10.3. The molecule has 2 rings (SSSR count). The van der Waals surface area contributed by atoms with Gasteiger partial charge in [0.05, 0.1) is 17.7 Å². The number of carbonyl (C=O) groups is 1. The van der Waals surface area contributed by atoms with Gasteiger partial charge in [-0.2, -0.15) is 0 Å². The van der Waals surface area contributed by atoms with E-state index in [4.69, 9.17) is 10.2 Å². The molecule has 2 heterocycles. The Morgan fingerprint density at radius 1 is 1.50 bits per heavy atom. The monoisotopic (exact) mass is 321 g/mol. The van der Waals surface area contributed by atoms with Gasteiger partial charge in [-0.05, 0) is 31.9 Å². The second-order valence-corrected chi connectivity index (χ2v) is 6.91. The summed E-state index contributed by atoms with van der Waals surface area (Å²) < 4.78 is 5.55. The smallest absolute Gasteiger partial charge is 0.226 e. The molecule has 2 aromatic heterocycles. The molecule has 0 spiro atoms. The second kappa shape index (κ2) is 6.62. The van der Waals surface area contributed by atoms with E-state index in [0.717, 1.165) is 22.2 Å². The zero-order valence-corrected chi connectivity index (χ0v) is 14.3. The van der Waals surface area contributed by atoms with Crippen molar-refractivity contribution in [3.8, 4) is 10.8 Å². The van der Waals surface area contributed by atoms with Crippen molar-refractivity contribution in [1.29, 1.82) is 0 Å². The molecule has 0 saturated carbocycles. The summed E-state index contributed by atoms with van der Waals surface area (Å²) >= 11 is 1.48. The summed E-state index contributed by atoms with van der Waals surface area (Å²) in [4.78, 5) is 16.7. The number of aromatic nitrogens is 1. The summed E-state index contributed by atoms with van der Waals surface area (Å²) in [5, 5.41) is 5.71. The topological polar surface area (TPSA) is 81.2 Å². The third-order valence-corrected chi connectivity index (χ3v) is 4.87. The first-order valence-electron chi connectivity index (χ1n) is 7.36. The van der Waals surface area contributed by atoms with E-state index in [-0.39, 0.29) is 18.2 Å². The van der Waals surface area contributed by atoms with Crippen molar-refractivity contribution in [2.24, 2.45) is 11.7 Å². The van der Waals surface area contributed by atoms with E-state index in [2.05, 4.69) is 10.3 Å². The zero-order valence-electron chi connectivity index (χ0n) is 13.5. The van der Waals surface area contributed by atoms with E-state index in [0.29, 0.717) is 6.54 Å². The normalized spacial score (nSPS) is 14.1. The van der Waals surface area contributed by atoms with Crippen molar-refractivity contribution in [1.82, 2.24) is 10.3 Å². The molecule has 5 nitrogen and oxygen atoms in total. The van der Waals surface area contributed by atoms with Gasteiger partial charge >= 0.3 is 0 Å². The lowest BCUT2D eigenvalue weighted by Crippen LogP contribution is -2.55. The highest BCUT2D eigenvalue weighted by Crippen LogP contribution is 2.25. The van der Waals surface area contributed by atoms with Crippen LogP contribution in [0.3, 0.4) is 0 Å². The van der Waals surface area contributed by atoms with Crippen LogP contribution in [-0.2, 0) is 11.2 Å². The molecule has 6 heteroatoms. The number of nitrogens with zero attached hydrogens (tertiary/aromatic N) is 1. The van der Waals surface area contributed by atoms with Crippen LogP contribution in [0.1, 0.15) is 32.2 Å². The minimum Gasteiger partial charge on any atom is -0.459 e. The number of nitrogens with one attached hydrogen (secondary N) is 1. The fourth-order valence-electron chi connectivity index (χ4n) is 2.01. The average Bonchev–Trinajstić information content (AvgIpc) is 3.07. The molecule has 1 amide bonds. The third kappa shape index (κ3) is 3.75. The second-order valence-electron chi connectivity index (χ2n) is 6.06.